The van der Waals surface area contributed by atoms with E-state index in [1.54, 1.807) is 67.6 Å². The van der Waals surface area contributed by atoms with Gasteiger partial charge >= 0.3 is 17.9 Å². The Labute approximate surface area is 167 Å². The van der Waals surface area contributed by atoms with E-state index < -0.39 is 17.9 Å². The zero-order chi connectivity index (χ0) is 20.6. The summed E-state index contributed by atoms with van der Waals surface area (Å²) >= 11 is 0. The van der Waals surface area contributed by atoms with Crippen LogP contribution in [0.2, 0.25) is 0 Å². The fourth-order valence-electron chi connectivity index (χ4n) is 2.48. The van der Waals surface area contributed by atoms with E-state index in [9.17, 15) is 14.4 Å². The van der Waals surface area contributed by atoms with Gasteiger partial charge in [0.15, 0.2) is 11.5 Å². The highest BCUT2D eigenvalue weighted by molar-refractivity contribution is 5.95. The first kappa shape index (κ1) is 19.8. The van der Waals surface area contributed by atoms with Gasteiger partial charge in [-0.05, 0) is 49.4 Å². The number of rotatable bonds is 6. The third kappa shape index (κ3) is 5.07. The van der Waals surface area contributed by atoms with Crippen LogP contribution in [0.3, 0.4) is 0 Å². The second kappa shape index (κ2) is 9.32. The maximum Gasteiger partial charge on any atom is 0.343 e. The molecular formula is C23H18O6. The molecular weight excluding hydrogens is 372 g/mol. The Morgan fingerprint density at radius 2 is 1.14 bits per heavy atom. The molecule has 0 aliphatic heterocycles. The van der Waals surface area contributed by atoms with Gasteiger partial charge in [-0.25, -0.2) is 14.4 Å². The van der Waals surface area contributed by atoms with Crippen molar-refractivity contribution < 1.29 is 28.6 Å². The molecule has 3 aromatic rings. The molecule has 0 unspecified atom stereocenters. The summed E-state index contributed by atoms with van der Waals surface area (Å²) in [5.41, 5.74) is 0.818. The minimum Gasteiger partial charge on any atom is -0.462 e. The van der Waals surface area contributed by atoms with Crippen LogP contribution in [0.15, 0.2) is 78.9 Å². The highest BCUT2D eigenvalue weighted by Crippen LogP contribution is 2.30. The van der Waals surface area contributed by atoms with Crippen LogP contribution in [-0.4, -0.2) is 24.5 Å². The van der Waals surface area contributed by atoms with Gasteiger partial charge in [0.25, 0.3) is 0 Å². The van der Waals surface area contributed by atoms with Crippen molar-refractivity contribution in [2.75, 3.05) is 6.61 Å². The number of hydrogen-bond donors (Lipinski definition) is 0. The van der Waals surface area contributed by atoms with E-state index in [0.717, 1.165) is 0 Å². The first-order chi connectivity index (χ1) is 14.1. The molecule has 3 rings (SSSR count). The summed E-state index contributed by atoms with van der Waals surface area (Å²) in [5.74, 6) is -1.90. The first-order valence-electron chi connectivity index (χ1n) is 8.94. The number of hydrogen-bond acceptors (Lipinski definition) is 6. The van der Waals surface area contributed by atoms with Gasteiger partial charge < -0.3 is 14.2 Å². The van der Waals surface area contributed by atoms with E-state index in [2.05, 4.69) is 0 Å². The molecule has 0 radical (unpaired) electrons. The van der Waals surface area contributed by atoms with E-state index in [1.165, 1.54) is 18.2 Å². The van der Waals surface area contributed by atoms with Crippen molar-refractivity contribution in [2.45, 2.75) is 6.92 Å². The van der Waals surface area contributed by atoms with E-state index in [-0.39, 0.29) is 23.7 Å². The summed E-state index contributed by atoms with van der Waals surface area (Å²) in [6, 6.07) is 20.9. The Hall–Kier alpha value is -3.93. The van der Waals surface area contributed by atoms with Crippen molar-refractivity contribution in [1.82, 2.24) is 0 Å². The lowest BCUT2D eigenvalue weighted by Crippen LogP contribution is -2.13. The molecule has 0 heterocycles. The molecule has 0 aromatic heterocycles. The number of carbonyl (C=O) groups excluding carboxylic acids is 3. The molecule has 146 valence electrons. The number of ether oxygens (including phenoxy) is 3. The highest BCUT2D eigenvalue weighted by atomic mass is 16.6. The maximum absolute atomic E-state index is 12.5. The average Bonchev–Trinajstić information content (AvgIpc) is 2.76. The molecule has 6 nitrogen and oxygen atoms in total. The van der Waals surface area contributed by atoms with Crippen LogP contribution >= 0.6 is 0 Å². The van der Waals surface area contributed by atoms with Crippen LogP contribution in [0.25, 0.3) is 0 Å². The summed E-state index contributed by atoms with van der Waals surface area (Å²) in [7, 11) is 0. The number of carbonyl (C=O) groups is 3. The van der Waals surface area contributed by atoms with E-state index in [0.29, 0.717) is 11.1 Å². The van der Waals surface area contributed by atoms with E-state index in [1.807, 2.05) is 0 Å². The molecule has 0 saturated carbocycles. The predicted molar refractivity (Wildman–Crippen MR) is 105 cm³/mol. The maximum atomic E-state index is 12.5. The van der Waals surface area contributed by atoms with Crippen LogP contribution < -0.4 is 9.47 Å². The molecule has 0 amide bonds. The Bertz CT molecular complexity index is 1010. The second-order valence-corrected chi connectivity index (χ2v) is 5.89. The molecule has 3 aromatic carbocycles. The van der Waals surface area contributed by atoms with Crippen molar-refractivity contribution in [3.8, 4) is 11.5 Å². The Kier molecular flexibility index (Phi) is 6.37. The highest BCUT2D eigenvalue weighted by Gasteiger charge is 2.19. The molecule has 0 atom stereocenters. The molecule has 0 bridgehead atoms. The van der Waals surface area contributed by atoms with Gasteiger partial charge in [0.05, 0.1) is 23.3 Å². The van der Waals surface area contributed by atoms with Crippen LogP contribution in [-0.2, 0) is 4.74 Å². The average molecular weight is 390 g/mol. The fraction of sp³-hybridized carbons (Fsp3) is 0.0870. The smallest absolute Gasteiger partial charge is 0.343 e. The number of benzene rings is 3. The van der Waals surface area contributed by atoms with Crippen molar-refractivity contribution in [3.05, 3.63) is 95.6 Å². The van der Waals surface area contributed by atoms with Crippen LogP contribution in [0.5, 0.6) is 11.5 Å². The number of esters is 3. The quantitative estimate of drug-likeness (QED) is 0.461. The summed E-state index contributed by atoms with van der Waals surface area (Å²) in [4.78, 5) is 36.9. The normalized spacial score (nSPS) is 10.1. The van der Waals surface area contributed by atoms with Gasteiger partial charge in [-0.1, -0.05) is 36.4 Å². The molecule has 0 spiro atoms. The van der Waals surface area contributed by atoms with Gasteiger partial charge in [0, 0.05) is 0 Å². The molecule has 0 N–H and O–H groups in total. The summed E-state index contributed by atoms with van der Waals surface area (Å²) in [6.45, 7) is 1.88. The third-order valence-electron chi connectivity index (χ3n) is 3.88. The zero-order valence-electron chi connectivity index (χ0n) is 15.7. The van der Waals surface area contributed by atoms with Gasteiger partial charge in [0.1, 0.15) is 0 Å². The minimum absolute atomic E-state index is 0.0104. The third-order valence-corrected chi connectivity index (χ3v) is 3.88. The lowest BCUT2D eigenvalue weighted by Gasteiger charge is -2.12. The standard InChI is InChI=1S/C23H18O6/c1-2-27-21(24)18-13-14-19(28-22(25)16-9-5-3-6-10-16)20(15-18)29-23(26)17-11-7-4-8-12-17/h3-15H,2H2,1H3. The minimum atomic E-state index is -0.649. The fourth-order valence-corrected chi connectivity index (χ4v) is 2.48. The van der Waals surface area contributed by atoms with E-state index in [4.69, 9.17) is 14.2 Å². The molecule has 0 fully saturated rings. The van der Waals surface area contributed by atoms with Gasteiger partial charge in [0.2, 0.25) is 0 Å². The Morgan fingerprint density at radius 3 is 1.66 bits per heavy atom. The largest absolute Gasteiger partial charge is 0.462 e. The van der Waals surface area contributed by atoms with Gasteiger partial charge in [-0.3, -0.25) is 0 Å². The van der Waals surface area contributed by atoms with Gasteiger partial charge in [-0.15, -0.1) is 0 Å². The van der Waals surface area contributed by atoms with Crippen molar-refractivity contribution in [3.63, 3.8) is 0 Å². The molecule has 0 aliphatic carbocycles. The van der Waals surface area contributed by atoms with Crippen LogP contribution in [0, 0.1) is 0 Å². The van der Waals surface area contributed by atoms with Crippen molar-refractivity contribution in [1.29, 1.82) is 0 Å². The molecule has 29 heavy (non-hydrogen) atoms. The topological polar surface area (TPSA) is 78.9 Å². The lowest BCUT2D eigenvalue weighted by atomic mass is 10.2. The summed E-state index contributed by atoms with van der Waals surface area (Å²) in [5, 5.41) is 0. The Balaban J connectivity index is 1.91. The van der Waals surface area contributed by atoms with E-state index >= 15 is 0 Å². The predicted octanol–water partition coefficient (Wildman–Crippen LogP) is 4.30. The molecule has 0 saturated heterocycles. The molecule has 6 heteroatoms. The SMILES string of the molecule is CCOC(=O)c1ccc(OC(=O)c2ccccc2)c(OC(=O)c2ccccc2)c1. The van der Waals surface area contributed by atoms with Crippen LogP contribution in [0.1, 0.15) is 38.0 Å². The summed E-state index contributed by atoms with van der Waals surface area (Å²) < 4.78 is 15.8. The zero-order valence-corrected chi connectivity index (χ0v) is 15.7. The van der Waals surface area contributed by atoms with Crippen molar-refractivity contribution in [2.24, 2.45) is 0 Å². The molecule has 0 aliphatic rings. The summed E-state index contributed by atoms with van der Waals surface area (Å²) in [6.07, 6.45) is 0. The van der Waals surface area contributed by atoms with Gasteiger partial charge in [-0.2, -0.15) is 0 Å². The Morgan fingerprint density at radius 1 is 0.621 bits per heavy atom. The van der Waals surface area contributed by atoms with Crippen LogP contribution in [0.4, 0.5) is 0 Å². The lowest BCUT2D eigenvalue weighted by molar-refractivity contribution is 0.0524. The van der Waals surface area contributed by atoms with Crippen molar-refractivity contribution >= 4 is 17.9 Å². The first-order valence-corrected chi connectivity index (χ1v) is 8.94. The monoisotopic (exact) mass is 390 g/mol. The second-order valence-electron chi connectivity index (χ2n) is 5.89.